The van der Waals surface area contributed by atoms with E-state index in [-0.39, 0.29) is 0 Å². The molecule has 0 aliphatic carbocycles. The zero-order chi connectivity index (χ0) is 13.8. The molecule has 19 heavy (non-hydrogen) atoms. The molecule has 0 radical (unpaired) electrons. The van der Waals surface area contributed by atoms with Gasteiger partial charge in [0.15, 0.2) is 0 Å². The molecule has 0 saturated heterocycles. The molecule has 0 spiro atoms. The van der Waals surface area contributed by atoms with Crippen molar-refractivity contribution in [2.24, 2.45) is 0 Å². The van der Waals surface area contributed by atoms with Crippen molar-refractivity contribution < 1.29 is 4.74 Å². The molecule has 0 amide bonds. The summed E-state index contributed by atoms with van der Waals surface area (Å²) >= 11 is 6.37. The monoisotopic (exact) mass is 278 g/mol. The molecule has 0 aliphatic rings. The van der Waals surface area contributed by atoms with Crippen molar-refractivity contribution in [3.63, 3.8) is 0 Å². The summed E-state index contributed by atoms with van der Waals surface area (Å²) in [6.07, 6.45) is 2.74. The number of fused-ring (bicyclic) bond motifs is 1. The molecule has 2 rings (SSSR count). The van der Waals surface area contributed by atoms with Gasteiger partial charge in [-0.1, -0.05) is 11.6 Å². The summed E-state index contributed by atoms with van der Waals surface area (Å²) in [5.41, 5.74) is 3.04. The summed E-state index contributed by atoms with van der Waals surface area (Å²) in [6.45, 7) is 4.88. The minimum Gasteiger partial charge on any atom is -0.385 e. The number of nitrogens with zero attached hydrogens (tertiary/aromatic N) is 1. The van der Waals surface area contributed by atoms with E-state index >= 15 is 0 Å². The zero-order valence-corrected chi connectivity index (χ0v) is 12.3. The van der Waals surface area contributed by atoms with Gasteiger partial charge >= 0.3 is 0 Å². The molecule has 3 nitrogen and oxygen atoms in total. The number of rotatable bonds is 5. The van der Waals surface area contributed by atoms with Crippen LogP contribution in [-0.4, -0.2) is 24.7 Å². The normalized spacial score (nSPS) is 12.6. The Hall–Kier alpha value is -1.32. The molecule has 1 unspecified atom stereocenters. The maximum Gasteiger partial charge on any atom is 0.0752 e. The first-order valence-corrected chi connectivity index (χ1v) is 6.80. The molecule has 0 fully saturated rings. The predicted octanol–water partition coefficient (Wildman–Crippen LogP) is 4.03. The molecule has 102 valence electrons. The van der Waals surface area contributed by atoms with E-state index in [1.54, 1.807) is 13.3 Å². The van der Waals surface area contributed by atoms with Crippen LogP contribution in [-0.2, 0) is 4.74 Å². The largest absolute Gasteiger partial charge is 0.385 e. The number of aryl methyl sites for hydroxylation is 1. The number of hydrogen-bond acceptors (Lipinski definition) is 3. The van der Waals surface area contributed by atoms with Crippen LogP contribution in [0.15, 0.2) is 24.4 Å². The molecule has 0 aliphatic heterocycles. The van der Waals surface area contributed by atoms with E-state index in [4.69, 9.17) is 16.3 Å². The molecule has 1 aromatic heterocycles. The third-order valence-corrected chi connectivity index (χ3v) is 3.48. The van der Waals surface area contributed by atoms with E-state index in [9.17, 15) is 0 Å². The highest BCUT2D eigenvalue weighted by Gasteiger charge is 2.11. The van der Waals surface area contributed by atoms with Crippen molar-refractivity contribution in [2.75, 3.05) is 19.0 Å². The lowest BCUT2D eigenvalue weighted by molar-refractivity contribution is 0.191. The van der Waals surface area contributed by atoms with Crippen molar-refractivity contribution in [1.82, 2.24) is 4.98 Å². The smallest absolute Gasteiger partial charge is 0.0752 e. The van der Waals surface area contributed by atoms with Gasteiger partial charge in [0.2, 0.25) is 0 Å². The number of methoxy groups -OCH3 is 1. The maximum absolute atomic E-state index is 6.37. The lowest BCUT2D eigenvalue weighted by Gasteiger charge is -2.18. The van der Waals surface area contributed by atoms with E-state index in [0.717, 1.165) is 40.2 Å². The molecule has 2 aromatic rings. The van der Waals surface area contributed by atoms with E-state index in [0.29, 0.717) is 6.04 Å². The second-order valence-electron chi connectivity index (χ2n) is 4.78. The molecule has 4 heteroatoms. The molecule has 0 saturated carbocycles. The number of pyridine rings is 1. The Kier molecular flexibility index (Phi) is 4.61. The van der Waals surface area contributed by atoms with Crippen LogP contribution in [0.2, 0.25) is 5.02 Å². The molecular weight excluding hydrogens is 260 g/mol. The van der Waals surface area contributed by atoms with Gasteiger partial charge in [-0.05, 0) is 44.0 Å². The van der Waals surface area contributed by atoms with E-state index < -0.39 is 0 Å². The lowest BCUT2D eigenvalue weighted by Crippen LogP contribution is -2.17. The first-order chi connectivity index (χ1) is 9.13. The van der Waals surface area contributed by atoms with E-state index in [1.165, 1.54) is 0 Å². The van der Waals surface area contributed by atoms with Crippen LogP contribution in [0.5, 0.6) is 0 Å². The molecule has 1 atom stereocenters. The fourth-order valence-corrected chi connectivity index (χ4v) is 2.46. The molecule has 0 bridgehead atoms. The number of benzene rings is 1. The number of nitrogens with one attached hydrogen (secondary N) is 1. The van der Waals surface area contributed by atoms with Crippen molar-refractivity contribution in [2.45, 2.75) is 26.3 Å². The topological polar surface area (TPSA) is 34.1 Å². The standard InChI is InChI=1S/C15H19ClN2O/c1-10-9-13(16)15(18-11(2)6-8-19-3)12-5-4-7-17-14(10)12/h4-5,7,9,11,18H,6,8H2,1-3H3. The number of aromatic nitrogens is 1. The van der Waals surface area contributed by atoms with Crippen molar-refractivity contribution in [3.05, 3.63) is 35.0 Å². The molecule has 1 heterocycles. The Balaban J connectivity index is 2.37. The zero-order valence-electron chi connectivity index (χ0n) is 11.5. The second-order valence-corrected chi connectivity index (χ2v) is 5.18. The Labute approximate surface area is 118 Å². The van der Waals surface area contributed by atoms with E-state index in [2.05, 4.69) is 17.2 Å². The van der Waals surface area contributed by atoms with Gasteiger partial charge in [-0.15, -0.1) is 0 Å². The highest BCUT2D eigenvalue weighted by atomic mass is 35.5. The van der Waals surface area contributed by atoms with Crippen LogP contribution in [0.3, 0.4) is 0 Å². The third kappa shape index (κ3) is 3.17. The summed E-state index contributed by atoms with van der Waals surface area (Å²) < 4.78 is 5.10. The van der Waals surface area contributed by atoms with Gasteiger partial charge in [0, 0.05) is 31.3 Å². The van der Waals surface area contributed by atoms with Gasteiger partial charge in [-0.2, -0.15) is 0 Å². The second kappa shape index (κ2) is 6.22. The highest BCUT2D eigenvalue weighted by molar-refractivity contribution is 6.35. The summed E-state index contributed by atoms with van der Waals surface area (Å²) in [7, 11) is 1.71. The molecular formula is C15H19ClN2O. The molecule has 1 aromatic carbocycles. The molecule has 1 N–H and O–H groups in total. The van der Waals surface area contributed by atoms with Gasteiger partial charge in [0.05, 0.1) is 16.2 Å². The summed E-state index contributed by atoms with van der Waals surface area (Å²) in [6, 6.07) is 6.24. The minimum absolute atomic E-state index is 0.295. The fraction of sp³-hybridized carbons (Fsp3) is 0.400. The van der Waals surface area contributed by atoms with Gasteiger partial charge < -0.3 is 10.1 Å². The van der Waals surface area contributed by atoms with Crippen LogP contribution in [0.4, 0.5) is 5.69 Å². The SMILES string of the molecule is COCCC(C)Nc1c(Cl)cc(C)c2ncccc12. The van der Waals surface area contributed by atoms with E-state index in [1.807, 2.05) is 25.1 Å². The number of halogens is 1. The first-order valence-electron chi connectivity index (χ1n) is 6.42. The average Bonchev–Trinajstić information content (AvgIpc) is 2.41. The lowest BCUT2D eigenvalue weighted by atomic mass is 10.1. The van der Waals surface area contributed by atoms with Crippen LogP contribution >= 0.6 is 11.6 Å². The van der Waals surface area contributed by atoms with Crippen LogP contribution in [0.25, 0.3) is 10.9 Å². The third-order valence-electron chi connectivity index (χ3n) is 3.18. The quantitative estimate of drug-likeness (QED) is 0.896. The Morgan fingerprint density at radius 2 is 2.26 bits per heavy atom. The van der Waals surface area contributed by atoms with Crippen LogP contribution in [0.1, 0.15) is 18.9 Å². The highest BCUT2D eigenvalue weighted by Crippen LogP contribution is 2.33. The summed E-state index contributed by atoms with van der Waals surface area (Å²) in [5, 5.41) is 5.27. The Morgan fingerprint density at radius 3 is 3.00 bits per heavy atom. The van der Waals surface area contributed by atoms with Crippen molar-refractivity contribution in [1.29, 1.82) is 0 Å². The predicted molar refractivity (Wildman–Crippen MR) is 81.1 cm³/mol. The van der Waals surface area contributed by atoms with Crippen LogP contribution in [0, 0.1) is 6.92 Å². The number of ether oxygens (including phenoxy) is 1. The first kappa shape index (κ1) is 14.1. The van der Waals surface area contributed by atoms with Gasteiger partial charge in [-0.25, -0.2) is 0 Å². The Bertz CT molecular complexity index is 571. The summed E-state index contributed by atoms with van der Waals surface area (Å²) in [5.74, 6) is 0. The fourth-order valence-electron chi connectivity index (χ4n) is 2.14. The number of anilines is 1. The van der Waals surface area contributed by atoms with Crippen LogP contribution < -0.4 is 5.32 Å². The number of hydrogen-bond donors (Lipinski definition) is 1. The average molecular weight is 279 g/mol. The minimum atomic E-state index is 0.295. The van der Waals surface area contributed by atoms with Crippen molar-refractivity contribution in [3.8, 4) is 0 Å². The Morgan fingerprint density at radius 1 is 1.47 bits per heavy atom. The maximum atomic E-state index is 6.37. The van der Waals surface area contributed by atoms with Gasteiger partial charge in [0.1, 0.15) is 0 Å². The van der Waals surface area contributed by atoms with Gasteiger partial charge in [-0.3, -0.25) is 4.98 Å². The van der Waals surface area contributed by atoms with Crippen molar-refractivity contribution >= 4 is 28.2 Å². The summed E-state index contributed by atoms with van der Waals surface area (Å²) in [4.78, 5) is 4.43. The van der Waals surface area contributed by atoms with Gasteiger partial charge in [0.25, 0.3) is 0 Å².